The van der Waals surface area contributed by atoms with Crippen molar-refractivity contribution in [1.29, 1.82) is 0 Å². The Labute approximate surface area is 853 Å². The highest BCUT2D eigenvalue weighted by Crippen LogP contribution is 2.59. The van der Waals surface area contributed by atoms with E-state index in [4.69, 9.17) is 39.9 Å². The Balaban J connectivity index is 0.000000111. The minimum Gasteiger partial charge on any atom is -0.247 e. The normalized spacial score (nSPS) is 13.1. The topological polar surface area (TPSA) is 103 Å². The second kappa shape index (κ2) is 35.0. The Kier molecular flexibility index (Phi) is 20.8. The zero-order valence-corrected chi connectivity index (χ0v) is 82.1. The van der Waals surface area contributed by atoms with E-state index < -0.39 is 0 Å². The molecule has 8 nitrogen and oxygen atoms in total. The highest BCUT2D eigenvalue weighted by atomic mass is 15.0. The fourth-order valence-electron chi connectivity index (χ4n) is 23.7. The molecule has 0 bridgehead atoms. The Morgan fingerprint density at radius 3 is 0.762 bits per heavy atom. The lowest BCUT2D eigenvalue weighted by molar-refractivity contribution is 0.661. The highest BCUT2D eigenvalue weighted by Gasteiger charge is 2.44. The molecule has 0 spiro atoms. The van der Waals surface area contributed by atoms with Gasteiger partial charge in [0.1, 0.15) is 0 Å². The van der Waals surface area contributed by atoms with Gasteiger partial charge in [-0.15, -0.1) is 0 Å². The van der Waals surface area contributed by atoms with Crippen LogP contribution in [0.25, 0.3) is 255 Å². The van der Waals surface area contributed by atoms with Crippen molar-refractivity contribution in [2.75, 3.05) is 0 Å². The molecule has 26 aromatic rings. The maximum atomic E-state index is 5.40. The summed E-state index contributed by atoms with van der Waals surface area (Å²) in [4.78, 5) is 41.2. The first-order chi connectivity index (χ1) is 72.1. The molecule has 0 fully saturated rings. The number of benzene rings is 21. The fraction of sp³-hybridized carbons (Fsp3) is 0.0647. The molecule has 3 aliphatic carbocycles. The van der Waals surface area contributed by atoms with E-state index in [1.807, 2.05) is 84.9 Å². The molecule has 21 aromatic carbocycles. The van der Waals surface area contributed by atoms with Crippen LogP contribution in [0.15, 0.2) is 473 Å². The second-order valence-electron chi connectivity index (χ2n) is 40.7. The number of hydrogen-bond donors (Lipinski definition) is 0. The van der Waals surface area contributed by atoms with Gasteiger partial charge in [-0.2, -0.15) is 0 Å². The van der Waals surface area contributed by atoms with E-state index in [9.17, 15) is 0 Å². The molecular weight excluding hydrogens is 1780 g/mol. The molecular formula is C139H96N8. The average Bonchev–Trinajstić information content (AvgIpc) is 1.56. The largest absolute Gasteiger partial charge is 0.247 e. The average molecular weight is 1880 g/mol. The number of hydrogen-bond acceptors (Lipinski definition) is 8. The Morgan fingerprint density at radius 2 is 0.395 bits per heavy atom. The van der Waals surface area contributed by atoms with E-state index in [0.29, 0.717) is 23.3 Å². The van der Waals surface area contributed by atoms with E-state index in [1.54, 1.807) is 0 Å². The summed E-state index contributed by atoms with van der Waals surface area (Å²) in [5.41, 5.74) is 37.5. The molecule has 0 aliphatic heterocycles. The maximum absolute atomic E-state index is 5.40. The van der Waals surface area contributed by atoms with Gasteiger partial charge in [0, 0.05) is 82.5 Å². The van der Waals surface area contributed by atoms with Crippen LogP contribution in [-0.4, -0.2) is 39.9 Å². The molecule has 147 heavy (non-hydrogen) atoms. The third-order valence-electron chi connectivity index (χ3n) is 30.9. The summed E-state index contributed by atoms with van der Waals surface area (Å²) >= 11 is 0. The Bertz CT molecular complexity index is 9810. The minimum atomic E-state index is -0.221. The quantitative estimate of drug-likeness (QED) is 0.118. The molecule has 0 amide bonds. The van der Waals surface area contributed by atoms with Crippen LogP contribution in [-0.2, 0) is 16.2 Å². The third kappa shape index (κ3) is 15.0. The monoisotopic (exact) mass is 1880 g/mol. The summed E-state index contributed by atoms with van der Waals surface area (Å²) < 4.78 is 0. The third-order valence-corrected chi connectivity index (χ3v) is 30.9. The van der Waals surface area contributed by atoms with Gasteiger partial charge in [0.2, 0.25) is 0 Å². The molecule has 0 N–H and O–H groups in total. The van der Waals surface area contributed by atoms with E-state index in [2.05, 4.69) is 430 Å². The lowest BCUT2D eigenvalue weighted by Gasteiger charge is -2.26. The number of aromatic nitrogens is 8. The predicted octanol–water partition coefficient (Wildman–Crippen LogP) is 35.9. The van der Waals surface area contributed by atoms with Gasteiger partial charge in [-0.1, -0.05) is 454 Å². The van der Waals surface area contributed by atoms with Gasteiger partial charge < -0.3 is 0 Å². The molecule has 0 saturated carbocycles. The first-order valence-corrected chi connectivity index (χ1v) is 50.7. The maximum Gasteiger partial charge on any atom is 0.164 e. The summed E-state index contributed by atoms with van der Waals surface area (Å²) in [6, 6.07) is 169. The highest BCUT2D eigenvalue weighted by molar-refractivity contribution is 6.20. The van der Waals surface area contributed by atoms with Crippen molar-refractivity contribution in [3.8, 4) is 157 Å². The number of nitrogens with zero attached hydrogens (tertiary/aromatic N) is 8. The smallest absolute Gasteiger partial charge is 0.164 e. The summed E-state index contributed by atoms with van der Waals surface area (Å²) in [6.07, 6.45) is 0. The molecule has 3 aliphatic rings. The van der Waals surface area contributed by atoms with E-state index in [0.717, 1.165) is 94.6 Å². The number of rotatable bonds is 11. The summed E-state index contributed by atoms with van der Waals surface area (Å²) in [6.45, 7) is 14.1. The SMILES string of the molecule is CC1(C)c2ccccc2-c2nc3ccc4ccccc4c3c(-c3ccc4cc(-c5cc(-c6ccc(-c7ccccc7)cc6)nc(-c6ccccc6)n5)ccc4c3)c21.CC1(C)c2ccccc2-c2nc3ccc4ccccc4c3c(-c3ccc4cc(-c5ccccc5)ccc4c3)c21.CC1(C)c2ccccc2-c2nc3ccc4ccccc4c3c(-c3ccc4cc(-c5nc(-c6ccccc6)nc(-c6ccccc6)n5)ccc4c3)c21. The molecule has 29 rings (SSSR count). The van der Waals surface area contributed by atoms with Crippen LogP contribution in [0.5, 0.6) is 0 Å². The van der Waals surface area contributed by atoms with Gasteiger partial charge in [-0.05, 0) is 214 Å². The van der Waals surface area contributed by atoms with Gasteiger partial charge in [0.15, 0.2) is 23.3 Å². The minimum absolute atomic E-state index is 0.161. The first-order valence-electron chi connectivity index (χ1n) is 50.7. The zero-order chi connectivity index (χ0) is 98.3. The zero-order valence-electron chi connectivity index (χ0n) is 82.1. The van der Waals surface area contributed by atoms with Crippen LogP contribution in [0, 0.1) is 0 Å². The van der Waals surface area contributed by atoms with Crippen molar-refractivity contribution in [3.05, 3.63) is 507 Å². The van der Waals surface area contributed by atoms with Crippen LogP contribution >= 0.6 is 0 Å². The second-order valence-corrected chi connectivity index (χ2v) is 40.7. The number of pyridine rings is 3. The van der Waals surface area contributed by atoms with Crippen LogP contribution in [0.3, 0.4) is 0 Å². The standard InChI is InChI=1S/C54H37N3.C47H32N4.C38H27N/c1-54(2)45-20-12-11-19-44(45)52-51(54)49(50-43-18-10-9-15-36(43)29-30-46(50)55-52)42-28-26-39-31-41(27-25-40(39)32-42)48-33-47(56-53(57-48)38-16-7-4-8-17-38)37-23-21-35(22-24-37)34-13-5-3-6-14-34;1-47(2)38-20-12-11-19-37(38)43-42(47)40(41-36-18-10-9-13-29(36)25-26-39(41)48-43)34-23-21-33-28-35(24-22-32(33)27-34)46-50-44(30-14-5-3-6-15-30)49-45(51-46)31-16-7-4-8-17-31;1-38(2)32-15-9-8-14-31(32)37-36(38)34(35-30-13-7-6-12-25(30)20-21-33(35)39-37)29-19-18-27-22-26(16-17-28(27)23-29)24-10-4-3-5-11-24/h3-33H,1-2H3;3-28H,1-2H3;3-23H,1-2H3. The van der Waals surface area contributed by atoms with Crippen molar-refractivity contribution in [1.82, 2.24) is 39.9 Å². The van der Waals surface area contributed by atoms with Crippen molar-refractivity contribution in [2.45, 2.75) is 57.8 Å². The fourth-order valence-corrected chi connectivity index (χ4v) is 23.7. The van der Waals surface area contributed by atoms with Crippen LogP contribution in [0.4, 0.5) is 0 Å². The van der Waals surface area contributed by atoms with Crippen molar-refractivity contribution in [3.63, 3.8) is 0 Å². The van der Waals surface area contributed by atoms with Crippen LogP contribution < -0.4 is 0 Å². The van der Waals surface area contributed by atoms with Gasteiger partial charge in [0.25, 0.3) is 0 Å². The molecule has 0 radical (unpaired) electrons. The Morgan fingerprint density at radius 1 is 0.156 bits per heavy atom. The van der Waals surface area contributed by atoms with Crippen molar-refractivity contribution in [2.24, 2.45) is 0 Å². The molecule has 0 saturated heterocycles. The van der Waals surface area contributed by atoms with Gasteiger partial charge in [-0.3, -0.25) is 0 Å². The summed E-state index contributed by atoms with van der Waals surface area (Å²) in [7, 11) is 0. The van der Waals surface area contributed by atoms with Crippen molar-refractivity contribution < 1.29 is 0 Å². The molecule has 0 unspecified atom stereocenters. The number of fused-ring (bicyclic) bond motifs is 21. The van der Waals surface area contributed by atoms with Gasteiger partial charge >= 0.3 is 0 Å². The van der Waals surface area contributed by atoms with E-state index in [-0.39, 0.29) is 16.2 Å². The molecule has 0 atom stereocenters. The molecule has 692 valence electrons. The first kappa shape index (κ1) is 87.5. The molecule has 5 aromatic heterocycles. The summed E-state index contributed by atoms with van der Waals surface area (Å²) in [5, 5.41) is 18.2. The Hall–Kier alpha value is -18.5. The van der Waals surface area contributed by atoms with Crippen LogP contribution in [0.2, 0.25) is 0 Å². The molecule has 8 heteroatoms. The lowest BCUT2D eigenvalue weighted by Crippen LogP contribution is -2.16. The van der Waals surface area contributed by atoms with Crippen LogP contribution in [0.1, 0.15) is 74.9 Å². The lowest BCUT2D eigenvalue weighted by atomic mass is 9.77. The summed E-state index contributed by atoms with van der Waals surface area (Å²) in [5.74, 6) is 2.67. The van der Waals surface area contributed by atoms with Crippen molar-refractivity contribution >= 4 is 97.3 Å². The predicted molar refractivity (Wildman–Crippen MR) is 612 cm³/mol. The molecule has 5 heterocycles. The van der Waals surface area contributed by atoms with Gasteiger partial charge in [0.05, 0.1) is 45.0 Å². The van der Waals surface area contributed by atoms with Gasteiger partial charge in [-0.25, -0.2) is 39.9 Å². The van der Waals surface area contributed by atoms with E-state index >= 15 is 0 Å². The van der Waals surface area contributed by atoms with E-state index in [1.165, 1.54) is 170 Å².